The quantitative estimate of drug-likeness (QED) is 0.0877. The van der Waals surface area contributed by atoms with Crippen molar-refractivity contribution < 1.29 is 19.4 Å². The van der Waals surface area contributed by atoms with E-state index in [2.05, 4.69) is 18.6 Å². The zero-order chi connectivity index (χ0) is 27.0. The van der Waals surface area contributed by atoms with E-state index in [1.807, 2.05) is 0 Å². The van der Waals surface area contributed by atoms with Gasteiger partial charge in [0.1, 0.15) is 0 Å². The van der Waals surface area contributed by atoms with Crippen LogP contribution in [0.15, 0.2) is 0 Å². The predicted molar refractivity (Wildman–Crippen MR) is 156 cm³/mol. The largest absolute Gasteiger partial charge is 0.481 e. The first-order chi connectivity index (χ1) is 17.6. The van der Waals surface area contributed by atoms with Crippen LogP contribution in [0.3, 0.4) is 0 Å². The van der Waals surface area contributed by atoms with Crippen LogP contribution in [0.25, 0.3) is 0 Å². The number of hydrogen-bond donors (Lipinski definition) is 1. The van der Waals surface area contributed by atoms with Crippen molar-refractivity contribution in [3.8, 4) is 0 Å². The molecule has 0 aliphatic rings. The molecule has 0 bridgehead atoms. The van der Waals surface area contributed by atoms with Gasteiger partial charge in [0, 0.05) is 12.8 Å². The minimum atomic E-state index is -0.655. The van der Waals surface area contributed by atoms with Crippen molar-refractivity contribution in [2.75, 3.05) is 7.11 Å². The van der Waals surface area contributed by atoms with E-state index in [1.54, 1.807) is 0 Å². The molecule has 0 aliphatic carbocycles. The van der Waals surface area contributed by atoms with Crippen LogP contribution in [-0.2, 0) is 14.3 Å². The third-order valence-electron chi connectivity index (χ3n) is 6.96. The maximum Gasteiger partial charge on any atom is 0.305 e. The highest BCUT2D eigenvalue weighted by molar-refractivity contribution is 5.69. The van der Waals surface area contributed by atoms with Gasteiger partial charge in [-0.25, -0.2) is 0 Å². The average Bonchev–Trinajstić information content (AvgIpc) is 2.87. The highest BCUT2D eigenvalue weighted by atomic mass is 16.5. The molecule has 216 valence electrons. The molecule has 0 rings (SSSR count). The van der Waals surface area contributed by atoms with Gasteiger partial charge < -0.3 is 9.84 Å². The number of esters is 1. The van der Waals surface area contributed by atoms with E-state index < -0.39 is 5.97 Å². The van der Waals surface area contributed by atoms with E-state index in [9.17, 15) is 9.59 Å². The van der Waals surface area contributed by atoms with Crippen molar-refractivity contribution in [2.24, 2.45) is 0 Å². The lowest BCUT2D eigenvalue weighted by molar-refractivity contribution is -0.141. The zero-order valence-electron chi connectivity index (χ0n) is 24.8. The van der Waals surface area contributed by atoms with E-state index in [4.69, 9.17) is 5.11 Å². The molecule has 0 spiro atoms. The van der Waals surface area contributed by atoms with Gasteiger partial charge in [0.2, 0.25) is 0 Å². The van der Waals surface area contributed by atoms with E-state index in [1.165, 1.54) is 148 Å². The highest BCUT2D eigenvalue weighted by Gasteiger charge is 1.99. The monoisotopic (exact) mass is 512 g/mol. The van der Waals surface area contributed by atoms with Crippen LogP contribution >= 0.6 is 0 Å². The molecule has 0 radical (unpaired) electrons. The Labute approximate surface area is 225 Å². The van der Waals surface area contributed by atoms with Gasteiger partial charge in [-0.15, -0.1) is 0 Å². The second-order valence-electron chi connectivity index (χ2n) is 10.6. The molecular formula is C32H64O4. The highest BCUT2D eigenvalue weighted by Crippen LogP contribution is 2.14. The third kappa shape index (κ3) is 37.5. The fourth-order valence-electron chi connectivity index (χ4n) is 4.51. The molecular weight excluding hydrogens is 448 g/mol. The van der Waals surface area contributed by atoms with Crippen LogP contribution in [0, 0.1) is 0 Å². The number of unbranched alkanes of at least 4 members (excludes halogenated alkanes) is 23. The molecule has 0 fully saturated rings. The van der Waals surface area contributed by atoms with Crippen LogP contribution < -0.4 is 0 Å². The Morgan fingerprint density at radius 1 is 0.444 bits per heavy atom. The first kappa shape index (κ1) is 37.1. The van der Waals surface area contributed by atoms with E-state index in [0.717, 1.165) is 19.3 Å². The number of methoxy groups -OCH3 is 1. The maximum atomic E-state index is 10.9. The summed E-state index contributed by atoms with van der Waals surface area (Å²) < 4.78 is 4.62. The van der Waals surface area contributed by atoms with Crippen molar-refractivity contribution >= 4 is 11.9 Å². The van der Waals surface area contributed by atoms with E-state index >= 15 is 0 Å². The standard InChI is InChI=1S/C17H34O2.C15H30O2/c1-3-4-5-6-7-8-9-10-11-12-13-14-15-16-17(18)19-2;1-2-3-4-5-6-7-8-9-10-11-12-13-14-15(16)17/h3-16H2,1-2H3;2-14H2,1H3,(H,16,17). The van der Waals surface area contributed by atoms with Gasteiger partial charge in [-0.2, -0.15) is 0 Å². The molecule has 0 heterocycles. The van der Waals surface area contributed by atoms with Crippen molar-refractivity contribution in [3.05, 3.63) is 0 Å². The van der Waals surface area contributed by atoms with Gasteiger partial charge in [0.05, 0.1) is 7.11 Å². The Kier molecular flexibility index (Phi) is 35.0. The van der Waals surface area contributed by atoms with E-state index in [0.29, 0.717) is 12.8 Å². The Balaban J connectivity index is 0. The summed E-state index contributed by atoms with van der Waals surface area (Å²) in [5.41, 5.74) is 0. The molecule has 0 aromatic carbocycles. The lowest BCUT2D eigenvalue weighted by Gasteiger charge is -2.03. The van der Waals surface area contributed by atoms with Gasteiger partial charge in [0.15, 0.2) is 0 Å². The summed E-state index contributed by atoms with van der Waals surface area (Å²) in [7, 11) is 1.46. The summed E-state index contributed by atoms with van der Waals surface area (Å²) in [6, 6.07) is 0. The molecule has 0 unspecified atom stereocenters. The number of hydrogen-bond acceptors (Lipinski definition) is 3. The van der Waals surface area contributed by atoms with Crippen molar-refractivity contribution in [2.45, 2.75) is 187 Å². The van der Waals surface area contributed by atoms with Gasteiger partial charge in [-0.05, 0) is 12.8 Å². The summed E-state index contributed by atoms with van der Waals surface area (Å²) in [6.07, 6.45) is 33.8. The number of ether oxygens (including phenoxy) is 1. The van der Waals surface area contributed by atoms with Crippen molar-refractivity contribution in [1.29, 1.82) is 0 Å². The molecule has 0 aromatic heterocycles. The lowest BCUT2D eigenvalue weighted by atomic mass is 10.0. The zero-order valence-corrected chi connectivity index (χ0v) is 24.8. The Morgan fingerprint density at radius 3 is 0.944 bits per heavy atom. The summed E-state index contributed by atoms with van der Waals surface area (Å²) in [5.74, 6) is -0.722. The molecule has 0 amide bonds. The van der Waals surface area contributed by atoms with Crippen LogP contribution in [0.4, 0.5) is 0 Å². The number of carboxylic acid groups (broad SMARTS) is 1. The number of rotatable bonds is 27. The predicted octanol–water partition coefficient (Wildman–Crippen LogP) is 10.8. The number of carboxylic acids is 1. The van der Waals surface area contributed by atoms with Crippen LogP contribution in [0.1, 0.15) is 187 Å². The molecule has 0 saturated heterocycles. The minimum absolute atomic E-state index is 0.0666. The van der Waals surface area contributed by atoms with Gasteiger partial charge >= 0.3 is 11.9 Å². The lowest BCUT2D eigenvalue weighted by Crippen LogP contribution is -1.99. The summed E-state index contributed by atoms with van der Waals surface area (Å²) in [5, 5.41) is 8.47. The Morgan fingerprint density at radius 2 is 0.694 bits per heavy atom. The van der Waals surface area contributed by atoms with E-state index in [-0.39, 0.29) is 5.97 Å². The molecule has 1 N–H and O–H groups in total. The number of carbonyl (C=O) groups excluding carboxylic acids is 1. The molecule has 0 saturated carbocycles. The maximum absolute atomic E-state index is 10.9. The SMILES string of the molecule is CCCCCCCCCCCCCCC(=O)O.CCCCCCCCCCCCCCCC(=O)OC. The average molecular weight is 513 g/mol. The second kappa shape index (κ2) is 33.9. The first-order valence-electron chi connectivity index (χ1n) is 15.9. The summed E-state index contributed by atoms with van der Waals surface area (Å²) in [4.78, 5) is 21.2. The molecule has 36 heavy (non-hydrogen) atoms. The Bertz CT molecular complexity index is 436. The topological polar surface area (TPSA) is 63.6 Å². The third-order valence-corrected chi connectivity index (χ3v) is 6.96. The van der Waals surface area contributed by atoms with Gasteiger partial charge in [-0.1, -0.05) is 162 Å². The van der Waals surface area contributed by atoms with Gasteiger partial charge in [0.25, 0.3) is 0 Å². The van der Waals surface area contributed by atoms with Crippen molar-refractivity contribution in [3.63, 3.8) is 0 Å². The fourth-order valence-corrected chi connectivity index (χ4v) is 4.51. The number of carbonyl (C=O) groups is 2. The molecule has 4 heteroatoms. The minimum Gasteiger partial charge on any atom is -0.481 e. The second-order valence-corrected chi connectivity index (χ2v) is 10.6. The van der Waals surface area contributed by atoms with Gasteiger partial charge in [-0.3, -0.25) is 9.59 Å². The smallest absolute Gasteiger partial charge is 0.305 e. The Hall–Kier alpha value is -1.06. The molecule has 4 nitrogen and oxygen atoms in total. The van der Waals surface area contributed by atoms with Crippen molar-refractivity contribution in [1.82, 2.24) is 0 Å². The normalized spacial score (nSPS) is 10.6. The molecule has 0 atom stereocenters. The van der Waals surface area contributed by atoms with Crippen LogP contribution in [0.5, 0.6) is 0 Å². The fraction of sp³-hybridized carbons (Fsp3) is 0.938. The number of aliphatic carboxylic acids is 1. The molecule has 0 aliphatic heterocycles. The first-order valence-corrected chi connectivity index (χ1v) is 15.9. The van der Waals surface area contributed by atoms with Crippen LogP contribution in [0.2, 0.25) is 0 Å². The summed E-state index contributed by atoms with van der Waals surface area (Å²) >= 11 is 0. The van der Waals surface area contributed by atoms with Crippen LogP contribution in [-0.4, -0.2) is 24.2 Å². The summed E-state index contributed by atoms with van der Waals surface area (Å²) in [6.45, 7) is 4.52. The molecule has 0 aromatic rings.